The van der Waals surface area contributed by atoms with Gasteiger partial charge in [-0.05, 0) is 31.6 Å². The monoisotopic (exact) mass is 250 g/mol. The van der Waals surface area contributed by atoms with Crippen LogP contribution in [0.25, 0.3) is 0 Å². The smallest absolute Gasteiger partial charge is 0.140 e. The van der Waals surface area contributed by atoms with Gasteiger partial charge in [0.15, 0.2) is 0 Å². The number of rotatable bonds is 5. The zero-order chi connectivity index (χ0) is 13.0. The summed E-state index contributed by atoms with van der Waals surface area (Å²) in [6, 6.07) is 0.653. The second kappa shape index (κ2) is 6.32. The van der Waals surface area contributed by atoms with Gasteiger partial charge in [0.1, 0.15) is 12.2 Å². The molecule has 1 heterocycles. The Hall–Kier alpha value is -0.900. The Morgan fingerprint density at radius 1 is 1.39 bits per heavy atom. The molecule has 0 aliphatic heterocycles. The molecule has 102 valence electrons. The standard InChI is InChI=1S/C14H26N4/c1-4-18-14(16-10-17-18)9-15-13-8-6-5-7-12(13)11(2)3/h10-13,15H,4-9H2,1-3H3. The van der Waals surface area contributed by atoms with Crippen molar-refractivity contribution in [3.63, 3.8) is 0 Å². The molecule has 0 spiro atoms. The van der Waals surface area contributed by atoms with Crippen LogP contribution in [0, 0.1) is 11.8 Å². The number of hydrogen-bond donors (Lipinski definition) is 1. The van der Waals surface area contributed by atoms with E-state index in [9.17, 15) is 0 Å². The molecule has 1 aromatic rings. The summed E-state index contributed by atoms with van der Waals surface area (Å²) in [7, 11) is 0. The highest BCUT2D eigenvalue weighted by Crippen LogP contribution is 2.30. The van der Waals surface area contributed by atoms with E-state index in [4.69, 9.17) is 0 Å². The van der Waals surface area contributed by atoms with Gasteiger partial charge in [0.05, 0.1) is 6.54 Å². The molecule has 18 heavy (non-hydrogen) atoms. The van der Waals surface area contributed by atoms with Crippen molar-refractivity contribution in [1.29, 1.82) is 0 Å². The fraction of sp³-hybridized carbons (Fsp3) is 0.857. The summed E-state index contributed by atoms with van der Waals surface area (Å²) in [6.45, 7) is 8.55. The van der Waals surface area contributed by atoms with Crippen LogP contribution in [0.1, 0.15) is 52.3 Å². The van der Waals surface area contributed by atoms with Crippen molar-refractivity contribution in [1.82, 2.24) is 20.1 Å². The van der Waals surface area contributed by atoms with Gasteiger partial charge < -0.3 is 5.32 Å². The Bertz CT molecular complexity index is 358. The van der Waals surface area contributed by atoms with Crippen molar-refractivity contribution >= 4 is 0 Å². The summed E-state index contributed by atoms with van der Waals surface area (Å²) in [5.74, 6) is 2.65. The van der Waals surface area contributed by atoms with Crippen LogP contribution in [0.2, 0.25) is 0 Å². The molecule has 1 saturated carbocycles. The lowest BCUT2D eigenvalue weighted by Gasteiger charge is -2.35. The van der Waals surface area contributed by atoms with Gasteiger partial charge in [-0.2, -0.15) is 5.10 Å². The van der Waals surface area contributed by atoms with Gasteiger partial charge in [-0.3, -0.25) is 0 Å². The van der Waals surface area contributed by atoms with Gasteiger partial charge in [0.25, 0.3) is 0 Å². The molecule has 2 rings (SSSR count). The highest BCUT2D eigenvalue weighted by atomic mass is 15.3. The van der Waals surface area contributed by atoms with E-state index in [2.05, 4.69) is 36.2 Å². The predicted molar refractivity (Wildman–Crippen MR) is 73.1 cm³/mol. The molecule has 1 N–H and O–H groups in total. The van der Waals surface area contributed by atoms with Crippen LogP contribution >= 0.6 is 0 Å². The SMILES string of the molecule is CCn1ncnc1CNC1CCCCC1C(C)C. The molecule has 2 unspecified atom stereocenters. The van der Waals surface area contributed by atoms with E-state index in [-0.39, 0.29) is 0 Å². The molecule has 0 radical (unpaired) electrons. The van der Waals surface area contributed by atoms with E-state index >= 15 is 0 Å². The normalized spacial score (nSPS) is 24.7. The zero-order valence-electron chi connectivity index (χ0n) is 11.9. The minimum absolute atomic E-state index is 0.653. The molecule has 0 saturated heterocycles. The number of aryl methyl sites for hydroxylation is 1. The molecule has 4 nitrogen and oxygen atoms in total. The number of nitrogens with one attached hydrogen (secondary N) is 1. The third-order valence-corrected chi connectivity index (χ3v) is 4.19. The molecule has 1 aliphatic rings. The lowest BCUT2D eigenvalue weighted by molar-refractivity contribution is 0.203. The lowest BCUT2D eigenvalue weighted by atomic mass is 9.78. The second-order valence-electron chi connectivity index (χ2n) is 5.67. The topological polar surface area (TPSA) is 42.7 Å². The third-order valence-electron chi connectivity index (χ3n) is 4.19. The fourth-order valence-corrected chi connectivity index (χ4v) is 3.12. The Morgan fingerprint density at radius 3 is 2.89 bits per heavy atom. The molecule has 0 bridgehead atoms. The molecule has 1 fully saturated rings. The zero-order valence-corrected chi connectivity index (χ0v) is 11.9. The summed E-state index contributed by atoms with van der Waals surface area (Å²) < 4.78 is 1.97. The summed E-state index contributed by atoms with van der Waals surface area (Å²) in [5.41, 5.74) is 0. The van der Waals surface area contributed by atoms with Gasteiger partial charge in [-0.25, -0.2) is 9.67 Å². The van der Waals surface area contributed by atoms with Gasteiger partial charge in [-0.1, -0.05) is 26.7 Å². The molecule has 1 aromatic heterocycles. The highest BCUT2D eigenvalue weighted by Gasteiger charge is 2.27. The average Bonchev–Trinajstić information content (AvgIpc) is 2.84. The van der Waals surface area contributed by atoms with Crippen LogP contribution in [0.15, 0.2) is 6.33 Å². The number of aromatic nitrogens is 3. The quantitative estimate of drug-likeness (QED) is 0.873. The molecule has 4 heteroatoms. The van der Waals surface area contributed by atoms with Crippen molar-refractivity contribution < 1.29 is 0 Å². The van der Waals surface area contributed by atoms with Crippen LogP contribution in [0.5, 0.6) is 0 Å². The Morgan fingerprint density at radius 2 is 2.17 bits per heavy atom. The lowest BCUT2D eigenvalue weighted by Crippen LogP contribution is -2.40. The Kier molecular flexibility index (Phi) is 4.75. The first-order chi connectivity index (χ1) is 8.72. The van der Waals surface area contributed by atoms with E-state index in [1.54, 1.807) is 6.33 Å². The van der Waals surface area contributed by atoms with Crippen molar-refractivity contribution in [3.8, 4) is 0 Å². The highest BCUT2D eigenvalue weighted by molar-refractivity contribution is 4.88. The molecular formula is C14H26N4. The first-order valence-electron chi connectivity index (χ1n) is 7.32. The van der Waals surface area contributed by atoms with Crippen LogP contribution in [-0.2, 0) is 13.1 Å². The van der Waals surface area contributed by atoms with Crippen molar-refractivity contribution in [2.45, 2.75) is 65.6 Å². The maximum Gasteiger partial charge on any atom is 0.140 e. The van der Waals surface area contributed by atoms with Crippen LogP contribution in [0.4, 0.5) is 0 Å². The minimum Gasteiger partial charge on any atom is -0.307 e. The first kappa shape index (κ1) is 13.5. The molecule has 1 aliphatic carbocycles. The van der Waals surface area contributed by atoms with E-state index in [0.29, 0.717) is 6.04 Å². The van der Waals surface area contributed by atoms with E-state index in [1.165, 1.54) is 25.7 Å². The Labute approximate surface area is 110 Å². The van der Waals surface area contributed by atoms with Crippen molar-refractivity contribution in [2.24, 2.45) is 11.8 Å². The van der Waals surface area contributed by atoms with Crippen LogP contribution in [-0.4, -0.2) is 20.8 Å². The second-order valence-corrected chi connectivity index (χ2v) is 5.67. The minimum atomic E-state index is 0.653. The average molecular weight is 250 g/mol. The Balaban J connectivity index is 1.91. The summed E-state index contributed by atoms with van der Waals surface area (Å²) in [4.78, 5) is 4.33. The third kappa shape index (κ3) is 3.10. The molecular weight excluding hydrogens is 224 g/mol. The number of nitrogens with zero attached hydrogens (tertiary/aromatic N) is 3. The van der Waals surface area contributed by atoms with Gasteiger partial charge >= 0.3 is 0 Å². The molecule has 0 aromatic carbocycles. The van der Waals surface area contributed by atoms with Crippen molar-refractivity contribution in [2.75, 3.05) is 0 Å². The van der Waals surface area contributed by atoms with Gasteiger partial charge in [-0.15, -0.1) is 0 Å². The van der Waals surface area contributed by atoms with Gasteiger partial charge in [0, 0.05) is 12.6 Å². The largest absolute Gasteiger partial charge is 0.307 e. The fourth-order valence-electron chi connectivity index (χ4n) is 3.12. The van der Waals surface area contributed by atoms with Crippen molar-refractivity contribution in [3.05, 3.63) is 12.2 Å². The first-order valence-corrected chi connectivity index (χ1v) is 7.32. The maximum absolute atomic E-state index is 4.33. The summed E-state index contributed by atoms with van der Waals surface area (Å²) in [6.07, 6.45) is 7.09. The summed E-state index contributed by atoms with van der Waals surface area (Å²) >= 11 is 0. The van der Waals surface area contributed by atoms with Gasteiger partial charge in [0.2, 0.25) is 0 Å². The van der Waals surface area contributed by atoms with Crippen LogP contribution < -0.4 is 5.32 Å². The van der Waals surface area contributed by atoms with Crippen LogP contribution in [0.3, 0.4) is 0 Å². The van der Waals surface area contributed by atoms with E-state index in [0.717, 1.165) is 30.7 Å². The summed E-state index contributed by atoms with van der Waals surface area (Å²) in [5, 5.41) is 7.92. The van der Waals surface area contributed by atoms with E-state index < -0.39 is 0 Å². The molecule has 0 amide bonds. The maximum atomic E-state index is 4.33. The predicted octanol–water partition coefficient (Wildman–Crippen LogP) is 2.60. The van der Waals surface area contributed by atoms with E-state index in [1.807, 2.05) is 4.68 Å². The molecule has 2 atom stereocenters. The number of hydrogen-bond acceptors (Lipinski definition) is 3.